The van der Waals surface area contributed by atoms with Crippen LogP contribution < -0.4 is 15.8 Å². The van der Waals surface area contributed by atoms with Gasteiger partial charge in [-0.05, 0) is 43.3 Å². The molecule has 1 fully saturated rings. The van der Waals surface area contributed by atoms with Crippen LogP contribution in [0.1, 0.15) is 19.0 Å². The van der Waals surface area contributed by atoms with Gasteiger partial charge in [0.1, 0.15) is 18.1 Å². The monoisotopic (exact) mass is 465 g/mol. The second kappa shape index (κ2) is 10.5. The van der Waals surface area contributed by atoms with Crippen LogP contribution in [-0.4, -0.2) is 59.0 Å². The maximum atomic E-state index is 13.2. The quantitative estimate of drug-likeness (QED) is 0.576. The maximum Gasteiger partial charge on any atom is 0.273 e. The minimum atomic E-state index is -0.346. The Kier molecular flexibility index (Phi) is 7.20. The molecule has 0 bridgehead atoms. The molecule has 0 unspecified atom stereocenters. The molecule has 8 nitrogen and oxygen atoms in total. The van der Waals surface area contributed by atoms with Crippen LogP contribution in [0, 0.1) is 5.82 Å². The van der Waals surface area contributed by atoms with Gasteiger partial charge in [-0.25, -0.2) is 9.37 Å². The molecular formula is C25H28FN5O3. The summed E-state index contributed by atoms with van der Waals surface area (Å²) >= 11 is 0. The van der Waals surface area contributed by atoms with Gasteiger partial charge in [0.2, 0.25) is 11.8 Å². The summed E-state index contributed by atoms with van der Waals surface area (Å²) in [4.78, 5) is 46.5. The summed E-state index contributed by atoms with van der Waals surface area (Å²) in [5, 5.41) is 2.72. The Hall–Kier alpha value is -3.75. The Balaban J connectivity index is 1.49. The van der Waals surface area contributed by atoms with Crippen LogP contribution in [0.25, 0.3) is 11.0 Å². The zero-order chi connectivity index (χ0) is 24.1. The number of para-hydroxylation sites is 2. The summed E-state index contributed by atoms with van der Waals surface area (Å²) in [6.45, 7) is 4.55. The van der Waals surface area contributed by atoms with Gasteiger partial charge in [-0.15, -0.1) is 0 Å². The molecule has 1 aliphatic rings. The molecule has 1 saturated heterocycles. The molecule has 178 valence electrons. The van der Waals surface area contributed by atoms with Crippen molar-refractivity contribution in [3.8, 4) is 0 Å². The van der Waals surface area contributed by atoms with E-state index >= 15 is 0 Å². The van der Waals surface area contributed by atoms with Gasteiger partial charge in [0.15, 0.2) is 0 Å². The van der Waals surface area contributed by atoms with Gasteiger partial charge in [-0.2, -0.15) is 0 Å². The zero-order valence-corrected chi connectivity index (χ0v) is 19.2. The van der Waals surface area contributed by atoms with E-state index in [1.165, 1.54) is 16.7 Å². The lowest BCUT2D eigenvalue weighted by atomic mass is 10.2. The first-order valence-electron chi connectivity index (χ1n) is 11.5. The number of hydrogen-bond donors (Lipinski definition) is 1. The molecule has 0 spiro atoms. The minimum absolute atomic E-state index is 0.0907. The number of fused-ring (bicyclic) bond motifs is 1. The molecule has 1 aliphatic heterocycles. The molecule has 1 N–H and O–H groups in total. The molecule has 2 heterocycles. The van der Waals surface area contributed by atoms with E-state index in [1.54, 1.807) is 35.2 Å². The summed E-state index contributed by atoms with van der Waals surface area (Å²) in [5.41, 5.74) is 2.05. The number of anilines is 1. The molecule has 4 rings (SSSR count). The largest absolute Gasteiger partial charge is 0.368 e. The third-order valence-corrected chi connectivity index (χ3v) is 6.00. The van der Waals surface area contributed by atoms with Gasteiger partial charge in [-0.3, -0.25) is 19.0 Å². The van der Waals surface area contributed by atoms with Crippen molar-refractivity contribution in [3.63, 3.8) is 0 Å². The van der Waals surface area contributed by atoms with E-state index in [-0.39, 0.29) is 48.3 Å². The third-order valence-electron chi connectivity index (χ3n) is 6.00. The number of aryl methyl sites for hydroxylation is 1. The van der Waals surface area contributed by atoms with Crippen molar-refractivity contribution in [3.05, 3.63) is 70.4 Å². The molecule has 0 atom stereocenters. The van der Waals surface area contributed by atoms with E-state index < -0.39 is 0 Å². The van der Waals surface area contributed by atoms with Crippen LogP contribution in [0.3, 0.4) is 0 Å². The molecule has 0 saturated carbocycles. The van der Waals surface area contributed by atoms with Gasteiger partial charge in [0, 0.05) is 51.3 Å². The molecule has 1 aromatic heterocycles. The Bertz CT molecular complexity index is 1230. The second-order valence-corrected chi connectivity index (χ2v) is 8.24. The van der Waals surface area contributed by atoms with Crippen molar-refractivity contribution >= 4 is 28.5 Å². The van der Waals surface area contributed by atoms with E-state index in [4.69, 9.17) is 0 Å². The van der Waals surface area contributed by atoms with E-state index in [9.17, 15) is 18.8 Å². The van der Waals surface area contributed by atoms with E-state index in [0.29, 0.717) is 43.8 Å². The van der Waals surface area contributed by atoms with Crippen LogP contribution in [0.5, 0.6) is 0 Å². The molecule has 2 amide bonds. The number of rotatable bonds is 7. The minimum Gasteiger partial charge on any atom is -0.368 e. The van der Waals surface area contributed by atoms with Crippen LogP contribution >= 0.6 is 0 Å². The number of carbonyl (C=O) groups is 2. The fourth-order valence-electron chi connectivity index (χ4n) is 4.18. The first-order valence-corrected chi connectivity index (χ1v) is 11.5. The molecule has 34 heavy (non-hydrogen) atoms. The van der Waals surface area contributed by atoms with Crippen molar-refractivity contribution < 1.29 is 14.0 Å². The predicted molar refractivity (Wildman–Crippen MR) is 128 cm³/mol. The second-order valence-electron chi connectivity index (χ2n) is 8.24. The molecule has 0 radical (unpaired) electrons. The maximum absolute atomic E-state index is 13.2. The topological polar surface area (TPSA) is 87.5 Å². The van der Waals surface area contributed by atoms with Gasteiger partial charge in [0.25, 0.3) is 5.56 Å². The first-order chi connectivity index (χ1) is 16.5. The Labute approximate surface area is 197 Å². The molecule has 9 heteroatoms. The summed E-state index contributed by atoms with van der Waals surface area (Å²) in [6, 6.07) is 13.5. The van der Waals surface area contributed by atoms with Gasteiger partial charge < -0.3 is 15.1 Å². The highest BCUT2D eigenvalue weighted by molar-refractivity contribution is 5.81. The van der Waals surface area contributed by atoms with E-state index in [1.807, 2.05) is 13.0 Å². The number of halogens is 1. The number of aromatic nitrogens is 2. The van der Waals surface area contributed by atoms with Crippen LogP contribution in [0.15, 0.2) is 53.3 Å². The summed E-state index contributed by atoms with van der Waals surface area (Å²) in [6.07, 6.45) is 0.369. The Morgan fingerprint density at radius 1 is 1.03 bits per heavy atom. The fourth-order valence-corrected chi connectivity index (χ4v) is 4.18. The zero-order valence-electron chi connectivity index (χ0n) is 19.2. The Morgan fingerprint density at radius 2 is 1.74 bits per heavy atom. The van der Waals surface area contributed by atoms with Crippen LogP contribution in [0.2, 0.25) is 0 Å². The number of amides is 2. The average molecular weight is 466 g/mol. The molecular weight excluding hydrogens is 437 g/mol. The van der Waals surface area contributed by atoms with Crippen molar-refractivity contribution in [2.75, 3.05) is 37.6 Å². The summed E-state index contributed by atoms with van der Waals surface area (Å²) in [5.74, 6) is -0.566. The van der Waals surface area contributed by atoms with Gasteiger partial charge in [-0.1, -0.05) is 12.1 Å². The van der Waals surface area contributed by atoms with Crippen molar-refractivity contribution in [2.45, 2.75) is 26.3 Å². The number of nitrogens with zero attached hydrogens (tertiary/aromatic N) is 4. The number of hydrogen-bond acceptors (Lipinski definition) is 5. The number of carbonyl (C=O) groups excluding carboxylic acids is 2. The standard InChI is InChI=1S/C25H28FN5O3/c1-2-27-23(32)12-11-21-25(34)31(22-6-4-3-5-20(22)28-21)17-24(33)30-15-13-29(14-16-30)19-9-7-18(26)8-10-19/h3-10H,2,11-17H2,1H3,(H,27,32). The highest BCUT2D eigenvalue weighted by Crippen LogP contribution is 2.17. The normalized spacial score (nSPS) is 13.8. The molecule has 0 aliphatic carbocycles. The Morgan fingerprint density at radius 3 is 2.44 bits per heavy atom. The first kappa shape index (κ1) is 23.4. The lowest BCUT2D eigenvalue weighted by molar-refractivity contribution is -0.132. The summed E-state index contributed by atoms with van der Waals surface area (Å²) in [7, 11) is 0. The molecule has 3 aromatic rings. The lowest BCUT2D eigenvalue weighted by Crippen LogP contribution is -2.50. The predicted octanol–water partition coefficient (Wildman–Crippen LogP) is 1.95. The smallest absolute Gasteiger partial charge is 0.273 e. The SMILES string of the molecule is CCNC(=O)CCc1nc2ccccc2n(CC(=O)N2CCN(c3ccc(F)cc3)CC2)c1=O. The average Bonchev–Trinajstić information content (AvgIpc) is 2.85. The highest BCUT2D eigenvalue weighted by Gasteiger charge is 2.23. The lowest BCUT2D eigenvalue weighted by Gasteiger charge is -2.36. The number of piperazine rings is 1. The van der Waals surface area contributed by atoms with Crippen molar-refractivity contribution in [1.82, 2.24) is 19.8 Å². The summed E-state index contributed by atoms with van der Waals surface area (Å²) < 4.78 is 14.7. The van der Waals surface area contributed by atoms with Crippen LogP contribution in [-0.2, 0) is 22.6 Å². The van der Waals surface area contributed by atoms with Crippen molar-refractivity contribution in [2.24, 2.45) is 0 Å². The van der Waals surface area contributed by atoms with E-state index in [2.05, 4.69) is 15.2 Å². The van der Waals surface area contributed by atoms with Crippen LogP contribution in [0.4, 0.5) is 10.1 Å². The fraction of sp³-hybridized carbons (Fsp3) is 0.360. The van der Waals surface area contributed by atoms with Gasteiger partial charge in [0.05, 0.1) is 11.0 Å². The molecule has 2 aromatic carbocycles. The third kappa shape index (κ3) is 5.24. The number of benzene rings is 2. The van der Waals surface area contributed by atoms with Crippen molar-refractivity contribution in [1.29, 1.82) is 0 Å². The number of nitrogens with one attached hydrogen (secondary N) is 1. The van der Waals surface area contributed by atoms with Gasteiger partial charge >= 0.3 is 0 Å². The van der Waals surface area contributed by atoms with E-state index in [0.717, 1.165) is 5.69 Å². The highest BCUT2D eigenvalue weighted by atomic mass is 19.1.